The highest BCUT2D eigenvalue weighted by atomic mass is 19.1. The van der Waals surface area contributed by atoms with Crippen molar-refractivity contribution in [3.63, 3.8) is 0 Å². The van der Waals surface area contributed by atoms with Gasteiger partial charge in [0.1, 0.15) is 34.7 Å². The van der Waals surface area contributed by atoms with Crippen LogP contribution in [0.1, 0.15) is 0 Å². The maximum Gasteiger partial charge on any atom is 0.267 e. The van der Waals surface area contributed by atoms with Gasteiger partial charge < -0.3 is 15.7 Å². The largest absolute Gasteiger partial charge is 0.506 e. The van der Waals surface area contributed by atoms with E-state index in [-0.39, 0.29) is 11.4 Å². The number of amides is 1. The highest BCUT2D eigenvalue weighted by Crippen LogP contribution is 2.22. The Kier molecular flexibility index (Phi) is 4.89. The normalized spacial score (nSPS) is 10.7. The number of nitrogens with zero attached hydrogens (tertiary/aromatic N) is 1. The van der Waals surface area contributed by atoms with Gasteiger partial charge in [0.15, 0.2) is 0 Å². The zero-order valence-electron chi connectivity index (χ0n) is 11.7. The monoisotopic (exact) mass is 315 g/mol. The van der Waals surface area contributed by atoms with Crippen LogP contribution in [0.25, 0.3) is 0 Å². The molecule has 0 heterocycles. The van der Waals surface area contributed by atoms with Gasteiger partial charge in [-0.1, -0.05) is 18.2 Å². The lowest BCUT2D eigenvalue weighted by Crippen LogP contribution is -2.14. The van der Waals surface area contributed by atoms with Crippen molar-refractivity contribution in [2.75, 3.05) is 10.6 Å². The summed E-state index contributed by atoms with van der Waals surface area (Å²) in [6, 6.07) is 10.8. The van der Waals surface area contributed by atoms with Crippen LogP contribution < -0.4 is 10.6 Å². The fraction of sp³-hybridized carbons (Fsp3) is 0. The van der Waals surface area contributed by atoms with E-state index >= 15 is 0 Å². The second-order valence-electron chi connectivity index (χ2n) is 4.38. The first-order valence-corrected chi connectivity index (χ1v) is 6.43. The number of anilines is 2. The molecule has 0 aliphatic rings. The molecule has 0 aliphatic carbocycles. The molecule has 1 amide bonds. The van der Waals surface area contributed by atoms with Crippen molar-refractivity contribution < 1.29 is 18.7 Å². The first-order valence-electron chi connectivity index (χ1n) is 6.43. The van der Waals surface area contributed by atoms with Crippen LogP contribution in [0.4, 0.5) is 20.2 Å². The number of nitrogens with one attached hydrogen (secondary N) is 2. The maximum atomic E-state index is 13.5. The smallest absolute Gasteiger partial charge is 0.267 e. The van der Waals surface area contributed by atoms with E-state index in [0.717, 1.165) is 18.3 Å². The Morgan fingerprint density at radius 1 is 1.13 bits per heavy atom. The molecule has 2 aromatic carbocycles. The maximum absolute atomic E-state index is 13.5. The Bertz CT molecular complexity index is 793. The minimum Gasteiger partial charge on any atom is -0.506 e. The Balaban J connectivity index is 2.18. The molecule has 116 valence electrons. The lowest BCUT2D eigenvalue weighted by molar-refractivity contribution is -0.112. The average Bonchev–Trinajstić information content (AvgIpc) is 2.52. The van der Waals surface area contributed by atoms with Crippen molar-refractivity contribution in [1.82, 2.24) is 0 Å². The number of benzene rings is 2. The van der Waals surface area contributed by atoms with Crippen molar-refractivity contribution in [3.05, 3.63) is 65.9 Å². The first kappa shape index (κ1) is 16.0. The van der Waals surface area contributed by atoms with Crippen LogP contribution in [-0.2, 0) is 4.79 Å². The Hall–Kier alpha value is -3.40. The number of rotatable bonds is 4. The fourth-order valence-electron chi connectivity index (χ4n) is 1.70. The van der Waals surface area contributed by atoms with E-state index in [4.69, 9.17) is 5.26 Å². The number of nitriles is 1. The molecule has 0 bridgehead atoms. The van der Waals surface area contributed by atoms with Crippen molar-refractivity contribution in [2.45, 2.75) is 0 Å². The summed E-state index contributed by atoms with van der Waals surface area (Å²) >= 11 is 0. The molecule has 2 rings (SSSR count). The van der Waals surface area contributed by atoms with E-state index in [0.29, 0.717) is 0 Å². The predicted molar refractivity (Wildman–Crippen MR) is 80.4 cm³/mol. The van der Waals surface area contributed by atoms with Gasteiger partial charge in [-0.05, 0) is 24.3 Å². The summed E-state index contributed by atoms with van der Waals surface area (Å²) in [6.45, 7) is 0. The predicted octanol–water partition coefficient (Wildman–Crippen LogP) is 3.13. The minimum absolute atomic E-state index is 0.107. The second-order valence-corrected chi connectivity index (χ2v) is 4.38. The summed E-state index contributed by atoms with van der Waals surface area (Å²) in [4.78, 5) is 11.9. The van der Waals surface area contributed by atoms with Crippen LogP contribution in [0.15, 0.2) is 54.2 Å². The number of carbonyl (C=O) groups is 1. The topological polar surface area (TPSA) is 85.2 Å². The van der Waals surface area contributed by atoms with E-state index < -0.39 is 28.8 Å². The number of aromatic hydroxyl groups is 1. The van der Waals surface area contributed by atoms with Gasteiger partial charge in [0.2, 0.25) is 0 Å². The van der Waals surface area contributed by atoms with Gasteiger partial charge in [-0.2, -0.15) is 5.26 Å². The summed E-state index contributed by atoms with van der Waals surface area (Å²) in [5.41, 5.74) is -0.790. The standard InChI is InChI=1S/C16H11F2N3O2/c17-11-4-3-5-12(18)15(11)20-9-10(8-19)16(23)21-13-6-1-2-7-14(13)22/h1-7,9,20,22H,(H,21,23)/b10-9-. The Morgan fingerprint density at radius 2 is 1.78 bits per heavy atom. The number of para-hydroxylation sites is 3. The zero-order chi connectivity index (χ0) is 16.8. The Labute approximate surface area is 130 Å². The molecule has 0 saturated carbocycles. The van der Waals surface area contributed by atoms with E-state index in [1.165, 1.54) is 18.2 Å². The second kappa shape index (κ2) is 7.04. The Morgan fingerprint density at radius 3 is 2.39 bits per heavy atom. The molecule has 23 heavy (non-hydrogen) atoms. The van der Waals surface area contributed by atoms with Crippen molar-refractivity contribution in [3.8, 4) is 11.8 Å². The summed E-state index contributed by atoms with van der Waals surface area (Å²) < 4.78 is 26.9. The quantitative estimate of drug-likeness (QED) is 0.460. The summed E-state index contributed by atoms with van der Waals surface area (Å²) in [7, 11) is 0. The summed E-state index contributed by atoms with van der Waals surface area (Å²) in [5, 5.41) is 23.1. The van der Waals surface area contributed by atoms with Gasteiger partial charge >= 0.3 is 0 Å². The lowest BCUT2D eigenvalue weighted by atomic mass is 10.2. The van der Waals surface area contributed by atoms with Crippen LogP contribution in [0.5, 0.6) is 5.75 Å². The summed E-state index contributed by atoms with van der Waals surface area (Å²) in [5.74, 6) is -2.73. The molecule has 0 atom stereocenters. The van der Waals surface area contributed by atoms with Gasteiger partial charge in [-0.3, -0.25) is 4.79 Å². The van der Waals surface area contributed by atoms with Crippen molar-refractivity contribution in [2.24, 2.45) is 0 Å². The molecule has 7 heteroatoms. The molecule has 0 radical (unpaired) electrons. The molecule has 0 spiro atoms. The SMILES string of the molecule is N#C/C(=C/Nc1c(F)cccc1F)C(=O)Nc1ccccc1O. The van der Waals surface area contributed by atoms with Gasteiger partial charge in [-0.25, -0.2) is 8.78 Å². The molecule has 5 nitrogen and oxygen atoms in total. The average molecular weight is 315 g/mol. The lowest BCUT2D eigenvalue weighted by Gasteiger charge is -2.07. The van der Waals surface area contributed by atoms with E-state index in [2.05, 4.69) is 10.6 Å². The van der Waals surface area contributed by atoms with Crippen molar-refractivity contribution >= 4 is 17.3 Å². The van der Waals surface area contributed by atoms with Gasteiger partial charge in [0.25, 0.3) is 5.91 Å². The number of carbonyl (C=O) groups excluding carboxylic acids is 1. The number of phenols is 1. The van der Waals surface area contributed by atoms with Gasteiger partial charge in [-0.15, -0.1) is 0 Å². The molecule has 0 aliphatic heterocycles. The van der Waals surface area contributed by atoms with Crippen LogP contribution in [0.3, 0.4) is 0 Å². The molecule has 2 aromatic rings. The molecule has 0 aromatic heterocycles. The number of halogens is 2. The number of hydrogen-bond donors (Lipinski definition) is 3. The molecular weight excluding hydrogens is 304 g/mol. The molecule has 0 saturated heterocycles. The fourth-order valence-corrected chi connectivity index (χ4v) is 1.70. The molecular formula is C16H11F2N3O2. The molecule has 0 unspecified atom stereocenters. The van der Waals surface area contributed by atoms with Crippen molar-refractivity contribution in [1.29, 1.82) is 5.26 Å². The third kappa shape index (κ3) is 3.83. The highest BCUT2D eigenvalue weighted by molar-refractivity contribution is 6.07. The van der Waals surface area contributed by atoms with E-state index in [1.807, 2.05) is 0 Å². The third-order valence-electron chi connectivity index (χ3n) is 2.84. The highest BCUT2D eigenvalue weighted by Gasteiger charge is 2.13. The number of hydrogen-bond acceptors (Lipinski definition) is 4. The van der Waals surface area contributed by atoms with Crippen LogP contribution in [0, 0.1) is 23.0 Å². The van der Waals surface area contributed by atoms with E-state index in [9.17, 15) is 18.7 Å². The van der Waals surface area contributed by atoms with Crippen LogP contribution in [0.2, 0.25) is 0 Å². The minimum atomic E-state index is -0.861. The van der Waals surface area contributed by atoms with Gasteiger partial charge in [0, 0.05) is 6.20 Å². The van der Waals surface area contributed by atoms with Gasteiger partial charge in [0.05, 0.1) is 5.69 Å². The summed E-state index contributed by atoms with van der Waals surface area (Å²) in [6.07, 6.45) is 0.886. The van der Waals surface area contributed by atoms with Crippen LogP contribution >= 0.6 is 0 Å². The zero-order valence-corrected chi connectivity index (χ0v) is 11.7. The van der Waals surface area contributed by atoms with E-state index in [1.54, 1.807) is 18.2 Å². The molecule has 0 fully saturated rings. The van der Waals surface area contributed by atoms with Crippen LogP contribution in [-0.4, -0.2) is 11.0 Å². The third-order valence-corrected chi connectivity index (χ3v) is 2.84. The number of phenolic OH excluding ortho intramolecular Hbond substituents is 1. The molecule has 3 N–H and O–H groups in total. The first-order chi connectivity index (χ1) is 11.0.